The van der Waals surface area contributed by atoms with Crippen LogP contribution in [0.15, 0.2) is 97.2 Å². The molecule has 5 aromatic rings. The second-order valence-corrected chi connectivity index (χ2v) is 10.6. The van der Waals surface area contributed by atoms with E-state index in [1.807, 2.05) is 12.3 Å². The van der Waals surface area contributed by atoms with Crippen molar-refractivity contribution < 1.29 is 0 Å². The largest absolute Gasteiger partial charge is 0.368 e. The van der Waals surface area contributed by atoms with Crippen molar-refractivity contribution in [3.05, 3.63) is 108 Å². The predicted octanol–water partition coefficient (Wildman–Crippen LogP) is 7.01. The first-order valence-corrected chi connectivity index (χ1v) is 14.1. The molecular weight excluding hydrogens is 492 g/mol. The van der Waals surface area contributed by atoms with Crippen LogP contribution in [0.1, 0.15) is 24.5 Å². The number of benzene rings is 2. The molecule has 6 rings (SSSR count). The molecule has 1 fully saturated rings. The molecule has 0 amide bonds. The van der Waals surface area contributed by atoms with E-state index in [1.165, 1.54) is 22.4 Å². The molecule has 6 heteroatoms. The first-order valence-electron chi connectivity index (χ1n) is 14.1. The molecule has 0 saturated carbocycles. The summed E-state index contributed by atoms with van der Waals surface area (Å²) in [6, 6.07) is 21.5. The van der Waals surface area contributed by atoms with Gasteiger partial charge in [0, 0.05) is 48.8 Å². The number of likely N-dealkylation sites (N-methyl/N-ethyl adjacent to an activating group) is 1. The lowest BCUT2D eigenvalue weighted by Gasteiger charge is -2.34. The summed E-state index contributed by atoms with van der Waals surface area (Å²) in [5.41, 5.74) is 9.91. The summed E-state index contributed by atoms with van der Waals surface area (Å²) in [6.07, 6.45) is 10.2. The number of fused-ring (bicyclic) bond motifs is 2. The highest BCUT2D eigenvalue weighted by Crippen LogP contribution is 2.34. The van der Waals surface area contributed by atoms with E-state index in [2.05, 4.69) is 118 Å². The van der Waals surface area contributed by atoms with E-state index >= 15 is 0 Å². The maximum Gasteiger partial charge on any atom is 0.139 e. The first-order chi connectivity index (χ1) is 19.6. The third-order valence-corrected chi connectivity index (χ3v) is 7.96. The van der Waals surface area contributed by atoms with Crippen LogP contribution in [-0.4, -0.2) is 58.3 Å². The minimum absolute atomic E-state index is 0.893. The van der Waals surface area contributed by atoms with Gasteiger partial charge in [0.05, 0.1) is 11.2 Å². The van der Waals surface area contributed by atoms with Crippen LogP contribution in [0.4, 0.5) is 5.69 Å². The summed E-state index contributed by atoms with van der Waals surface area (Å²) in [4.78, 5) is 13.0. The van der Waals surface area contributed by atoms with Gasteiger partial charge in [-0.15, -0.1) is 0 Å². The summed E-state index contributed by atoms with van der Waals surface area (Å²) < 4.78 is 0. The lowest BCUT2D eigenvalue weighted by atomic mass is 9.97. The van der Waals surface area contributed by atoms with Gasteiger partial charge < -0.3 is 14.8 Å². The first kappa shape index (κ1) is 25.8. The Kier molecular flexibility index (Phi) is 7.34. The summed E-state index contributed by atoms with van der Waals surface area (Å²) in [5, 5.41) is 10.2. The van der Waals surface area contributed by atoms with Crippen molar-refractivity contribution in [3.8, 4) is 11.4 Å². The molecule has 40 heavy (non-hydrogen) atoms. The van der Waals surface area contributed by atoms with Crippen LogP contribution < -0.4 is 4.90 Å². The van der Waals surface area contributed by atoms with E-state index in [0.717, 1.165) is 77.9 Å². The van der Waals surface area contributed by atoms with Gasteiger partial charge in [0.25, 0.3) is 0 Å². The normalized spacial score (nSPS) is 15.3. The molecule has 0 atom stereocenters. The van der Waals surface area contributed by atoms with Crippen LogP contribution in [-0.2, 0) is 6.42 Å². The Morgan fingerprint density at radius 1 is 1.00 bits per heavy atom. The number of aromatic nitrogens is 4. The molecule has 3 aromatic heterocycles. The molecule has 0 bridgehead atoms. The maximum absolute atomic E-state index is 4.72. The smallest absolute Gasteiger partial charge is 0.139 e. The molecule has 1 saturated heterocycles. The Morgan fingerprint density at radius 2 is 1.82 bits per heavy atom. The van der Waals surface area contributed by atoms with Crippen LogP contribution >= 0.6 is 0 Å². The zero-order chi connectivity index (χ0) is 27.5. The SMILES string of the molecule is C=C/C(=C\C(=C/C)c1ccc2[nH]nc(-c3cc4c(N5CCN(C)CC5)ccnc4[nH]3)c2c1)CCc1ccccc1. The topological polar surface area (TPSA) is 63.8 Å². The molecule has 1 aliphatic rings. The van der Waals surface area contributed by atoms with Crippen molar-refractivity contribution in [2.24, 2.45) is 0 Å². The molecule has 6 nitrogen and oxygen atoms in total. The minimum atomic E-state index is 0.893. The highest BCUT2D eigenvalue weighted by Gasteiger charge is 2.19. The van der Waals surface area contributed by atoms with E-state index in [-0.39, 0.29) is 0 Å². The molecule has 0 radical (unpaired) electrons. The Balaban J connectivity index is 1.31. The number of rotatable bonds is 8. The number of aryl methyl sites for hydroxylation is 1. The fourth-order valence-electron chi connectivity index (χ4n) is 5.56. The Labute approximate surface area is 235 Å². The molecule has 2 aromatic carbocycles. The Hall–Kier alpha value is -4.42. The van der Waals surface area contributed by atoms with E-state index in [9.17, 15) is 0 Å². The van der Waals surface area contributed by atoms with Gasteiger partial charge >= 0.3 is 0 Å². The molecular formula is C34H36N6. The average molecular weight is 529 g/mol. The van der Waals surface area contributed by atoms with Gasteiger partial charge in [-0.2, -0.15) is 5.10 Å². The van der Waals surface area contributed by atoms with Crippen molar-refractivity contribution in [1.29, 1.82) is 0 Å². The fraction of sp³-hybridized carbons (Fsp3) is 0.235. The van der Waals surface area contributed by atoms with E-state index < -0.39 is 0 Å². The summed E-state index contributed by atoms with van der Waals surface area (Å²) in [5.74, 6) is 0. The van der Waals surface area contributed by atoms with Gasteiger partial charge in [0.15, 0.2) is 0 Å². The van der Waals surface area contributed by atoms with Gasteiger partial charge in [-0.25, -0.2) is 4.98 Å². The molecule has 0 unspecified atom stereocenters. The number of allylic oxidation sites excluding steroid dienone is 5. The summed E-state index contributed by atoms with van der Waals surface area (Å²) in [7, 11) is 2.18. The highest BCUT2D eigenvalue weighted by molar-refractivity contribution is 5.99. The Bertz CT molecular complexity index is 1700. The van der Waals surface area contributed by atoms with Crippen LogP contribution in [0.2, 0.25) is 0 Å². The highest BCUT2D eigenvalue weighted by atomic mass is 15.2. The maximum atomic E-state index is 4.72. The number of hydrogen-bond donors (Lipinski definition) is 2. The van der Waals surface area contributed by atoms with E-state index in [1.54, 1.807) is 0 Å². The monoisotopic (exact) mass is 528 g/mol. The average Bonchev–Trinajstić information content (AvgIpc) is 3.62. The number of nitrogens with one attached hydrogen (secondary N) is 2. The van der Waals surface area contributed by atoms with Crippen LogP contribution in [0.5, 0.6) is 0 Å². The van der Waals surface area contributed by atoms with Crippen molar-refractivity contribution in [2.45, 2.75) is 19.8 Å². The van der Waals surface area contributed by atoms with Crippen LogP contribution in [0, 0.1) is 0 Å². The molecule has 0 spiro atoms. The van der Waals surface area contributed by atoms with Gasteiger partial charge in [-0.1, -0.05) is 61.2 Å². The number of nitrogens with zero attached hydrogens (tertiary/aromatic N) is 4. The van der Waals surface area contributed by atoms with Crippen molar-refractivity contribution >= 4 is 33.2 Å². The molecule has 2 N–H and O–H groups in total. The van der Waals surface area contributed by atoms with Crippen LogP contribution in [0.25, 0.3) is 38.9 Å². The van der Waals surface area contributed by atoms with Crippen molar-refractivity contribution in [3.63, 3.8) is 0 Å². The zero-order valence-corrected chi connectivity index (χ0v) is 23.3. The molecule has 202 valence electrons. The predicted molar refractivity (Wildman–Crippen MR) is 168 cm³/mol. The van der Waals surface area contributed by atoms with Gasteiger partial charge in [-0.05, 0) is 73.4 Å². The number of aromatic amines is 2. The number of anilines is 1. The lowest BCUT2D eigenvalue weighted by molar-refractivity contribution is 0.313. The number of hydrogen-bond acceptors (Lipinski definition) is 4. The van der Waals surface area contributed by atoms with Gasteiger partial charge in [-0.3, -0.25) is 5.10 Å². The second kappa shape index (κ2) is 11.4. The quantitative estimate of drug-likeness (QED) is 0.213. The van der Waals surface area contributed by atoms with Crippen LogP contribution in [0.3, 0.4) is 0 Å². The van der Waals surface area contributed by atoms with Gasteiger partial charge in [0.1, 0.15) is 11.3 Å². The molecule has 1 aliphatic heterocycles. The van der Waals surface area contributed by atoms with E-state index in [4.69, 9.17) is 5.10 Å². The van der Waals surface area contributed by atoms with E-state index in [0.29, 0.717) is 0 Å². The fourth-order valence-corrected chi connectivity index (χ4v) is 5.56. The minimum Gasteiger partial charge on any atom is -0.368 e. The standard InChI is InChI=1S/C34H36N6/c1-4-24(11-12-25-9-7-6-8-10-25)21-26(5-2)27-13-14-30-28(22-27)33(38-37-30)31-23-29-32(15-16-35-34(29)36-31)40-19-17-39(3)18-20-40/h4-10,13-16,21-23H,1,11-12,17-20H2,2-3H3,(H,35,36)(H,37,38)/b24-21+,26-5+. The summed E-state index contributed by atoms with van der Waals surface area (Å²) in [6.45, 7) is 10.3. The van der Waals surface area contributed by atoms with Gasteiger partial charge in [0.2, 0.25) is 0 Å². The molecule has 0 aliphatic carbocycles. The third-order valence-electron chi connectivity index (χ3n) is 7.96. The third kappa shape index (κ3) is 5.23. The Morgan fingerprint density at radius 3 is 2.60 bits per heavy atom. The molecule has 4 heterocycles. The summed E-state index contributed by atoms with van der Waals surface area (Å²) >= 11 is 0. The van der Waals surface area contributed by atoms with Crippen molar-refractivity contribution in [2.75, 3.05) is 38.1 Å². The second-order valence-electron chi connectivity index (χ2n) is 10.6. The lowest BCUT2D eigenvalue weighted by Crippen LogP contribution is -2.44. The van der Waals surface area contributed by atoms with Crippen molar-refractivity contribution in [1.82, 2.24) is 25.1 Å². The zero-order valence-electron chi connectivity index (χ0n) is 23.3. The number of piperazine rings is 1. The number of pyridine rings is 1. The number of H-pyrrole nitrogens is 2.